The van der Waals surface area contributed by atoms with E-state index in [1.54, 1.807) is 19.4 Å². The minimum Gasteiger partial charge on any atom is -0.496 e. The fourth-order valence-corrected chi connectivity index (χ4v) is 2.76. The number of carbonyl (C=O) groups is 1. The number of methoxy groups -OCH3 is 1. The summed E-state index contributed by atoms with van der Waals surface area (Å²) < 4.78 is 11.4. The number of hydrogen-bond acceptors (Lipinski definition) is 5. The van der Waals surface area contributed by atoms with Gasteiger partial charge in [-0.3, -0.25) is 9.78 Å². The third-order valence-corrected chi connectivity index (χ3v) is 4.10. The molecule has 6 nitrogen and oxygen atoms in total. The zero-order valence-corrected chi connectivity index (χ0v) is 14.4. The van der Waals surface area contributed by atoms with Gasteiger partial charge in [0.15, 0.2) is 0 Å². The lowest BCUT2D eigenvalue weighted by Crippen LogP contribution is -2.32. The molecule has 0 saturated heterocycles. The number of benzene rings is 2. The van der Waals surface area contributed by atoms with Crippen molar-refractivity contribution >= 4 is 16.9 Å². The Morgan fingerprint density at radius 2 is 2.00 bits per heavy atom. The van der Waals surface area contributed by atoms with Gasteiger partial charge in [-0.05, 0) is 36.2 Å². The normalized spacial score (nSPS) is 11.9. The van der Waals surface area contributed by atoms with Crippen LogP contribution in [0.2, 0.25) is 0 Å². The number of rotatable bonds is 7. The number of pyridine rings is 1. The Balaban J connectivity index is 1.82. The van der Waals surface area contributed by atoms with E-state index in [0.29, 0.717) is 11.5 Å². The number of carboxylic acid groups (broad SMARTS) is 1. The average molecular weight is 352 g/mol. The van der Waals surface area contributed by atoms with Gasteiger partial charge in [-0.25, -0.2) is 0 Å². The number of nitrogens with zero attached hydrogens (tertiary/aromatic N) is 1. The topological polar surface area (TPSA) is 94.7 Å². The van der Waals surface area contributed by atoms with Gasteiger partial charge in [-0.2, -0.15) is 0 Å². The molecule has 3 aromatic rings. The van der Waals surface area contributed by atoms with Crippen molar-refractivity contribution in [2.45, 2.75) is 19.1 Å². The molecule has 6 heteroatoms. The first-order valence-corrected chi connectivity index (χ1v) is 8.19. The van der Waals surface area contributed by atoms with Gasteiger partial charge in [0, 0.05) is 17.1 Å². The van der Waals surface area contributed by atoms with Crippen LogP contribution in [0.1, 0.15) is 11.1 Å². The summed E-state index contributed by atoms with van der Waals surface area (Å²) in [5, 5.41) is 9.98. The molecule has 0 fully saturated rings. The molecule has 0 spiro atoms. The molecule has 3 rings (SSSR count). The maximum atomic E-state index is 11.0. The Hall–Kier alpha value is -3.12. The van der Waals surface area contributed by atoms with Gasteiger partial charge in [0.2, 0.25) is 0 Å². The molecule has 0 saturated carbocycles. The van der Waals surface area contributed by atoms with Crippen LogP contribution in [0.5, 0.6) is 11.5 Å². The van der Waals surface area contributed by atoms with E-state index in [2.05, 4.69) is 4.98 Å². The van der Waals surface area contributed by atoms with E-state index in [9.17, 15) is 4.79 Å². The quantitative estimate of drug-likeness (QED) is 0.679. The second kappa shape index (κ2) is 7.84. The lowest BCUT2D eigenvalue weighted by Gasteiger charge is -2.14. The second-order valence-corrected chi connectivity index (χ2v) is 5.91. The minimum atomic E-state index is -1.03. The van der Waals surface area contributed by atoms with Crippen molar-refractivity contribution in [2.75, 3.05) is 7.11 Å². The van der Waals surface area contributed by atoms with Gasteiger partial charge >= 0.3 is 5.97 Å². The molecule has 134 valence electrons. The van der Waals surface area contributed by atoms with E-state index in [0.717, 1.165) is 22.0 Å². The number of carboxylic acids is 1. The first kappa shape index (κ1) is 17.7. The summed E-state index contributed by atoms with van der Waals surface area (Å²) >= 11 is 0. The summed E-state index contributed by atoms with van der Waals surface area (Å²) in [5.74, 6) is 0.323. The van der Waals surface area contributed by atoms with Gasteiger partial charge in [0.1, 0.15) is 29.7 Å². The highest BCUT2D eigenvalue weighted by Gasteiger charge is 2.14. The number of para-hydroxylation sites is 1. The predicted octanol–water partition coefficient (Wildman–Crippen LogP) is 2.78. The van der Waals surface area contributed by atoms with Crippen molar-refractivity contribution in [3.05, 3.63) is 65.9 Å². The van der Waals surface area contributed by atoms with Crippen molar-refractivity contribution in [1.82, 2.24) is 4.98 Å². The molecule has 2 aromatic carbocycles. The van der Waals surface area contributed by atoms with Crippen molar-refractivity contribution in [1.29, 1.82) is 0 Å². The molecule has 1 aromatic heterocycles. The smallest absolute Gasteiger partial charge is 0.320 e. The van der Waals surface area contributed by atoms with Crippen LogP contribution in [0.25, 0.3) is 10.9 Å². The standard InChI is InChI=1S/C20H20N2O4/c1-25-17-8-7-13(11-16(21)20(23)24)10-15(17)12-26-18-6-2-4-14-5-3-9-22-19(14)18/h2-10,16H,11-12,21H2,1H3,(H,23,24). The van der Waals surface area contributed by atoms with E-state index in [-0.39, 0.29) is 13.0 Å². The van der Waals surface area contributed by atoms with Gasteiger partial charge in [0.25, 0.3) is 0 Å². The van der Waals surface area contributed by atoms with Crippen LogP contribution < -0.4 is 15.2 Å². The number of fused-ring (bicyclic) bond motifs is 1. The third-order valence-electron chi connectivity index (χ3n) is 4.10. The van der Waals surface area contributed by atoms with Gasteiger partial charge in [0.05, 0.1) is 7.11 Å². The van der Waals surface area contributed by atoms with Gasteiger partial charge in [-0.15, -0.1) is 0 Å². The molecular formula is C20H20N2O4. The predicted molar refractivity (Wildman–Crippen MR) is 98.4 cm³/mol. The van der Waals surface area contributed by atoms with Crippen molar-refractivity contribution in [2.24, 2.45) is 5.73 Å². The van der Waals surface area contributed by atoms with Crippen molar-refractivity contribution in [3.8, 4) is 11.5 Å². The van der Waals surface area contributed by atoms with E-state index in [4.69, 9.17) is 20.3 Å². The number of aromatic nitrogens is 1. The molecule has 0 radical (unpaired) electrons. The maximum Gasteiger partial charge on any atom is 0.320 e. The highest BCUT2D eigenvalue weighted by molar-refractivity contribution is 5.84. The molecule has 0 bridgehead atoms. The molecule has 0 aliphatic heterocycles. The molecule has 0 amide bonds. The molecule has 1 atom stereocenters. The Bertz CT molecular complexity index is 921. The number of ether oxygens (including phenoxy) is 2. The zero-order chi connectivity index (χ0) is 18.5. The second-order valence-electron chi connectivity index (χ2n) is 5.91. The van der Waals surface area contributed by atoms with Crippen LogP contribution >= 0.6 is 0 Å². The largest absolute Gasteiger partial charge is 0.496 e. The fourth-order valence-electron chi connectivity index (χ4n) is 2.76. The van der Waals surface area contributed by atoms with Crippen LogP contribution in [0.3, 0.4) is 0 Å². The average Bonchev–Trinajstić information content (AvgIpc) is 2.66. The molecule has 1 unspecified atom stereocenters. The Morgan fingerprint density at radius 3 is 2.77 bits per heavy atom. The highest BCUT2D eigenvalue weighted by Crippen LogP contribution is 2.26. The van der Waals surface area contributed by atoms with E-state index in [1.165, 1.54) is 0 Å². The van der Waals surface area contributed by atoms with Crippen molar-refractivity contribution in [3.63, 3.8) is 0 Å². The Morgan fingerprint density at radius 1 is 1.19 bits per heavy atom. The Labute approximate surface area is 151 Å². The molecular weight excluding hydrogens is 332 g/mol. The summed E-state index contributed by atoms with van der Waals surface area (Å²) in [7, 11) is 1.58. The summed E-state index contributed by atoms with van der Waals surface area (Å²) in [5.41, 5.74) is 8.05. The maximum absolute atomic E-state index is 11.0. The van der Waals surface area contributed by atoms with Gasteiger partial charge in [-0.1, -0.05) is 24.3 Å². The molecule has 3 N–H and O–H groups in total. The first-order valence-electron chi connectivity index (χ1n) is 8.19. The molecule has 26 heavy (non-hydrogen) atoms. The lowest BCUT2D eigenvalue weighted by molar-refractivity contribution is -0.138. The van der Waals surface area contributed by atoms with Gasteiger partial charge < -0.3 is 20.3 Å². The molecule has 0 aliphatic carbocycles. The number of aliphatic carboxylic acids is 1. The monoisotopic (exact) mass is 352 g/mol. The molecule has 0 aliphatic rings. The fraction of sp³-hybridized carbons (Fsp3) is 0.200. The van der Waals surface area contributed by atoms with E-state index in [1.807, 2.05) is 42.5 Å². The van der Waals surface area contributed by atoms with Crippen molar-refractivity contribution < 1.29 is 19.4 Å². The van der Waals surface area contributed by atoms with Crippen LogP contribution in [0.15, 0.2) is 54.7 Å². The summed E-state index contributed by atoms with van der Waals surface area (Å²) in [6.07, 6.45) is 1.96. The summed E-state index contributed by atoms with van der Waals surface area (Å²) in [6.45, 7) is 0.273. The van der Waals surface area contributed by atoms with Crippen LogP contribution in [-0.4, -0.2) is 29.2 Å². The molecule has 1 heterocycles. The van der Waals surface area contributed by atoms with Crippen LogP contribution in [0.4, 0.5) is 0 Å². The van der Waals surface area contributed by atoms with Crippen LogP contribution in [-0.2, 0) is 17.8 Å². The highest BCUT2D eigenvalue weighted by atomic mass is 16.5. The number of nitrogens with two attached hydrogens (primary N) is 1. The summed E-state index contributed by atoms with van der Waals surface area (Å²) in [4.78, 5) is 15.3. The van der Waals surface area contributed by atoms with E-state index < -0.39 is 12.0 Å². The first-order chi connectivity index (χ1) is 12.6. The number of hydrogen-bond donors (Lipinski definition) is 2. The lowest BCUT2D eigenvalue weighted by atomic mass is 10.0. The zero-order valence-electron chi connectivity index (χ0n) is 14.4. The minimum absolute atomic E-state index is 0.238. The third kappa shape index (κ3) is 3.92. The Kier molecular flexibility index (Phi) is 5.34. The SMILES string of the molecule is COc1ccc(CC(N)C(=O)O)cc1COc1cccc2cccnc12. The van der Waals surface area contributed by atoms with Crippen LogP contribution in [0, 0.1) is 0 Å². The van der Waals surface area contributed by atoms with E-state index >= 15 is 0 Å². The summed E-state index contributed by atoms with van der Waals surface area (Å²) in [6, 6.07) is 14.1.